The summed E-state index contributed by atoms with van der Waals surface area (Å²) >= 11 is 12.8. The molecule has 4 heteroatoms. The van der Waals surface area contributed by atoms with Crippen molar-refractivity contribution in [3.05, 3.63) is 33.3 Å². The van der Waals surface area contributed by atoms with E-state index in [9.17, 15) is 0 Å². The first kappa shape index (κ1) is 16.4. The van der Waals surface area contributed by atoms with Gasteiger partial charge in [-0.3, -0.25) is 0 Å². The van der Waals surface area contributed by atoms with Crippen molar-refractivity contribution < 1.29 is 0 Å². The number of halogens is 2. The highest BCUT2D eigenvalue weighted by molar-refractivity contribution is 6.40. The average Bonchev–Trinajstić information content (AvgIpc) is 2.40. The maximum atomic E-state index is 6.46. The molecule has 0 unspecified atom stereocenters. The molecule has 0 aliphatic heterocycles. The molecule has 0 amide bonds. The first-order valence-corrected chi connectivity index (χ1v) is 8.05. The Balaban J connectivity index is 2.77. The second-order valence-corrected chi connectivity index (χ2v) is 7.23. The smallest absolute Gasteiger partial charge is 0.130 e. The Morgan fingerprint density at radius 1 is 1.19 bits per heavy atom. The molecular weight excluding hydrogens is 303 g/mol. The van der Waals surface area contributed by atoms with E-state index in [2.05, 4.69) is 39.1 Å². The van der Waals surface area contributed by atoms with E-state index in [0.29, 0.717) is 5.02 Å². The van der Waals surface area contributed by atoms with E-state index in [-0.39, 0.29) is 5.41 Å². The lowest BCUT2D eigenvalue weighted by Gasteiger charge is -2.24. The number of rotatable bonds is 3. The van der Waals surface area contributed by atoms with Crippen molar-refractivity contribution in [1.29, 1.82) is 0 Å². The van der Waals surface area contributed by atoms with Gasteiger partial charge in [-0.25, -0.2) is 4.98 Å². The molecule has 0 aliphatic rings. The van der Waals surface area contributed by atoms with Gasteiger partial charge < -0.3 is 5.32 Å². The van der Waals surface area contributed by atoms with Gasteiger partial charge >= 0.3 is 0 Å². The molecule has 0 saturated carbocycles. The summed E-state index contributed by atoms with van der Waals surface area (Å²) in [7, 11) is 0. The summed E-state index contributed by atoms with van der Waals surface area (Å²) in [5.74, 6) is 0.902. The summed E-state index contributed by atoms with van der Waals surface area (Å²) in [4.78, 5) is 4.75. The third-order valence-electron chi connectivity index (χ3n) is 3.53. The van der Waals surface area contributed by atoms with Crippen molar-refractivity contribution in [2.45, 2.75) is 46.5 Å². The molecule has 0 bridgehead atoms. The monoisotopic (exact) mass is 324 g/mol. The number of pyridine rings is 1. The van der Waals surface area contributed by atoms with Crippen molar-refractivity contribution in [2.24, 2.45) is 0 Å². The molecule has 0 fully saturated rings. The van der Waals surface area contributed by atoms with Crippen LogP contribution < -0.4 is 5.32 Å². The molecule has 1 N–H and O–H groups in total. The minimum atomic E-state index is -0.0170. The molecule has 0 aliphatic carbocycles. The second kappa shape index (κ2) is 6.02. The van der Waals surface area contributed by atoms with Gasteiger partial charge in [0.2, 0.25) is 0 Å². The summed E-state index contributed by atoms with van der Waals surface area (Å²) < 4.78 is 0. The van der Waals surface area contributed by atoms with Crippen LogP contribution in [0.2, 0.25) is 10.0 Å². The van der Waals surface area contributed by atoms with E-state index in [4.69, 9.17) is 28.2 Å². The lowest BCUT2D eigenvalue weighted by molar-refractivity contribution is 0.590. The average molecular weight is 325 g/mol. The fraction of sp³-hybridized carbons (Fsp3) is 0.471. The molecule has 2 nitrogen and oxygen atoms in total. The van der Waals surface area contributed by atoms with Gasteiger partial charge in [-0.15, -0.1) is 0 Å². The van der Waals surface area contributed by atoms with E-state index in [1.54, 1.807) is 0 Å². The molecule has 1 aromatic carbocycles. The summed E-state index contributed by atoms with van der Waals surface area (Å²) in [5.41, 5.74) is 2.88. The third-order valence-corrected chi connectivity index (χ3v) is 4.31. The number of fused-ring (bicyclic) bond motifs is 1. The van der Waals surface area contributed by atoms with Crippen LogP contribution in [0.3, 0.4) is 0 Å². The standard InChI is InChI=1S/C17H22Cl2N2/c1-6-7-20-16-12(17(3,4)5)9-11-14(19)10(2)8-13(18)15(11)21-16/h8-9H,6-7H2,1-5H3,(H,20,21). The van der Waals surface area contributed by atoms with Crippen molar-refractivity contribution in [3.8, 4) is 0 Å². The molecule has 2 aromatic rings. The van der Waals surface area contributed by atoms with E-state index in [1.165, 1.54) is 0 Å². The third kappa shape index (κ3) is 3.27. The van der Waals surface area contributed by atoms with Gasteiger partial charge in [-0.2, -0.15) is 0 Å². The Bertz CT molecular complexity index is 673. The molecule has 0 saturated heterocycles. The fourth-order valence-electron chi connectivity index (χ4n) is 2.35. The van der Waals surface area contributed by atoms with Crippen molar-refractivity contribution >= 4 is 39.9 Å². The zero-order valence-electron chi connectivity index (χ0n) is 13.3. The first-order valence-electron chi connectivity index (χ1n) is 7.29. The zero-order valence-corrected chi connectivity index (χ0v) is 14.8. The summed E-state index contributed by atoms with van der Waals surface area (Å²) in [5, 5.41) is 5.71. The number of hydrogen-bond donors (Lipinski definition) is 1. The van der Waals surface area contributed by atoms with Crippen LogP contribution in [0.25, 0.3) is 10.9 Å². The summed E-state index contributed by atoms with van der Waals surface area (Å²) in [6.07, 6.45) is 1.05. The molecule has 2 rings (SSSR count). The van der Waals surface area contributed by atoms with E-state index in [0.717, 1.165) is 45.8 Å². The van der Waals surface area contributed by atoms with Crippen LogP contribution in [0.15, 0.2) is 12.1 Å². The van der Waals surface area contributed by atoms with Gasteiger partial charge in [0, 0.05) is 17.5 Å². The van der Waals surface area contributed by atoms with E-state index >= 15 is 0 Å². The normalized spacial score (nSPS) is 12.0. The molecule has 21 heavy (non-hydrogen) atoms. The summed E-state index contributed by atoms with van der Waals surface area (Å²) in [6.45, 7) is 11.5. The Kier molecular flexibility index (Phi) is 4.69. The van der Waals surface area contributed by atoms with Gasteiger partial charge in [-0.1, -0.05) is 50.9 Å². The van der Waals surface area contributed by atoms with Crippen LogP contribution in [-0.2, 0) is 5.41 Å². The Morgan fingerprint density at radius 3 is 2.43 bits per heavy atom. The van der Waals surface area contributed by atoms with Crippen molar-refractivity contribution in [1.82, 2.24) is 4.98 Å². The fourth-order valence-corrected chi connectivity index (χ4v) is 2.85. The number of nitrogens with zero attached hydrogens (tertiary/aromatic N) is 1. The van der Waals surface area contributed by atoms with Crippen LogP contribution in [0.5, 0.6) is 0 Å². The highest BCUT2D eigenvalue weighted by Gasteiger charge is 2.22. The lowest BCUT2D eigenvalue weighted by Crippen LogP contribution is -2.16. The van der Waals surface area contributed by atoms with Crippen LogP contribution in [0, 0.1) is 6.92 Å². The molecule has 0 radical (unpaired) electrons. The molecule has 1 aromatic heterocycles. The quantitative estimate of drug-likeness (QED) is 0.752. The number of aryl methyl sites for hydroxylation is 1. The van der Waals surface area contributed by atoms with Gasteiger partial charge in [0.15, 0.2) is 0 Å². The minimum Gasteiger partial charge on any atom is -0.370 e. The summed E-state index contributed by atoms with van der Waals surface area (Å²) in [6, 6.07) is 4.00. The van der Waals surface area contributed by atoms with Crippen LogP contribution in [-0.4, -0.2) is 11.5 Å². The molecule has 0 spiro atoms. The molecule has 114 valence electrons. The Hall–Kier alpha value is -0.990. The SMILES string of the molecule is CCCNc1nc2c(Cl)cc(C)c(Cl)c2cc1C(C)(C)C. The van der Waals surface area contributed by atoms with Gasteiger partial charge in [0.25, 0.3) is 0 Å². The first-order chi connectivity index (χ1) is 9.75. The number of anilines is 1. The topological polar surface area (TPSA) is 24.9 Å². The maximum Gasteiger partial charge on any atom is 0.130 e. The predicted octanol–water partition coefficient (Wildman–Crippen LogP) is 5.97. The van der Waals surface area contributed by atoms with Gasteiger partial charge in [0.05, 0.1) is 15.6 Å². The number of hydrogen-bond acceptors (Lipinski definition) is 2. The van der Waals surface area contributed by atoms with Gasteiger partial charge in [-0.05, 0) is 36.5 Å². The number of aromatic nitrogens is 1. The lowest BCUT2D eigenvalue weighted by atomic mass is 9.86. The number of benzene rings is 1. The van der Waals surface area contributed by atoms with Gasteiger partial charge in [0.1, 0.15) is 5.82 Å². The van der Waals surface area contributed by atoms with Crippen LogP contribution in [0.4, 0.5) is 5.82 Å². The molecule has 0 atom stereocenters. The van der Waals surface area contributed by atoms with E-state index < -0.39 is 0 Å². The second-order valence-electron chi connectivity index (χ2n) is 6.45. The maximum absolute atomic E-state index is 6.46. The molecular formula is C17H22Cl2N2. The Labute approximate surface area is 136 Å². The van der Waals surface area contributed by atoms with Crippen molar-refractivity contribution in [3.63, 3.8) is 0 Å². The van der Waals surface area contributed by atoms with Crippen LogP contribution in [0.1, 0.15) is 45.2 Å². The van der Waals surface area contributed by atoms with Crippen LogP contribution >= 0.6 is 23.2 Å². The largest absolute Gasteiger partial charge is 0.370 e. The number of nitrogens with one attached hydrogen (secondary N) is 1. The van der Waals surface area contributed by atoms with E-state index in [1.807, 2.05) is 13.0 Å². The zero-order chi connectivity index (χ0) is 15.8. The predicted molar refractivity (Wildman–Crippen MR) is 94.0 cm³/mol. The minimum absolute atomic E-state index is 0.0170. The highest BCUT2D eigenvalue weighted by atomic mass is 35.5. The molecule has 1 heterocycles. The highest BCUT2D eigenvalue weighted by Crippen LogP contribution is 2.37. The van der Waals surface area contributed by atoms with Crippen molar-refractivity contribution in [2.75, 3.05) is 11.9 Å². The Morgan fingerprint density at radius 2 is 1.86 bits per heavy atom.